The second-order valence-corrected chi connectivity index (χ2v) is 11.7. The molecule has 2 aliphatic rings. The van der Waals surface area contributed by atoms with Crippen molar-refractivity contribution in [1.82, 2.24) is 0 Å². The fourth-order valence-corrected chi connectivity index (χ4v) is 7.84. The van der Waals surface area contributed by atoms with Crippen LogP contribution >= 0.6 is 15.9 Å². The van der Waals surface area contributed by atoms with E-state index < -0.39 is 0 Å². The first-order valence-electron chi connectivity index (χ1n) is 8.89. The quantitative estimate of drug-likeness (QED) is 0.314. The van der Waals surface area contributed by atoms with Crippen LogP contribution in [0.1, 0.15) is 64.7 Å². The topological polar surface area (TPSA) is 0 Å². The summed E-state index contributed by atoms with van der Waals surface area (Å²) in [5.74, 6) is 3.34. The van der Waals surface area contributed by atoms with E-state index in [1.807, 2.05) is 0 Å². The fourth-order valence-electron chi connectivity index (χ4n) is 4.54. The Bertz CT molecular complexity index is 227. The maximum Gasteiger partial charge on any atom is 0.0365 e. The van der Waals surface area contributed by atoms with Crippen LogP contribution in [0.3, 0.4) is 0 Å². The monoisotopic (exact) mass is 344 g/mol. The van der Waals surface area contributed by atoms with Crippen molar-refractivity contribution >= 4 is 24.7 Å². The molecule has 0 unspecified atom stereocenters. The molecule has 2 fully saturated rings. The maximum atomic E-state index is 3.55. The molecule has 0 nitrogen and oxygen atoms in total. The minimum Gasteiger partial charge on any atom is -0.0928 e. The predicted molar refractivity (Wildman–Crippen MR) is 93.1 cm³/mol. The van der Waals surface area contributed by atoms with Crippen molar-refractivity contribution in [2.24, 2.45) is 17.8 Å². The van der Waals surface area contributed by atoms with Crippen LogP contribution in [0.4, 0.5) is 0 Å². The third-order valence-electron chi connectivity index (χ3n) is 6.02. The predicted octanol–water partition coefficient (Wildman–Crippen LogP) is 6.02. The van der Waals surface area contributed by atoms with Gasteiger partial charge in [-0.2, -0.15) is 0 Å². The minimum atomic E-state index is -0.234. The molecule has 1 saturated heterocycles. The number of hydrogen-bond acceptors (Lipinski definition) is 0. The van der Waals surface area contributed by atoms with Crippen LogP contribution in [0.2, 0.25) is 18.1 Å². The van der Waals surface area contributed by atoms with E-state index in [4.69, 9.17) is 0 Å². The van der Waals surface area contributed by atoms with E-state index in [2.05, 4.69) is 22.9 Å². The summed E-state index contributed by atoms with van der Waals surface area (Å²) in [4.78, 5) is 0. The number of unbranched alkanes of at least 4 members (excludes halogenated alkanes) is 1. The molecule has 0 atom stereocenters. The third-order valence-corrected chi connectivity index (χ3v) is 10.0. The summed E-state index contributed by atoms with van der Waals surface area (Å²) in [7, 11) is -0.234. The fraction of sp³-hybridized carbons (Fsp3) is 1.00. The molecule has 112 valence electrons. The summed E-state index contributed by atoms with van der Waals surface area (Å²) >= 11 is 3.55. The molecule has 2 rings (SSSR count). The molecule has 1 heterocycles. The molecular weight excluding hydrogens is 312 g/mol. The Labute approximate surface area is 130 Å². The van der Waals surface area contributed by atoms with Crippen molar-refractivity contribution < 1.29 is 0 Å². The molecule has 1 saturated carbocycles. The van der Waals surface area contributed by atoms with Gasteiger partial charge in [0, 0.05) is 14.1 Å². The Morgan fingerprint density at radius 3 is 2.11 bits per heavy atom. The van der Waals surface area contributed by atoms with Gasteiger partial charge in [-0.15, -0.1) is 0 Å². The summed E-state index contributed by atoms with van der Waals surface area (Å²) < 4.78 is 0. The first kappa shape index (κ1) is 16.1. The first-order chi connectivity index (χ1) is 9.33. The molecule has 0 amide bonds. The highest BCUT2D eigenvalue weighted by Gasteiger charge is 2.30. The summed E-state index contributed by atoms with van der Waals surface area (Å²) in [6.45, 7) is 2.44. The highest BCUT2D eigenvalue weighted by molar-refractivity contribution is 9.09. The molecule has 19 heavy (non-hydrogen) atoms. The van der Waals surface area contributed by atoms with Crippen molar-refractivity contribution in [3.05, 3.63) is 0 Å². The number of hydrogen-bond donors (Lipinski definition) is 0. The molecule has 0 aromatic rings. The van der Waals surface area contributed by atoms with Gasteiger partial charge in [-0.25, -0.2) is 0 Å². The van der Waals surface area contributed by atoms with E-state index in [1.54, 1.807) is 56.7 Å². The van der Waals surface area contributed by atoms with E-state index in [9.17, 15) is 0 Å². The van der Waals surface area contributed by atoms with Crippen LogP contribution in [0.5, 0.6) is 0 Å². The maximum absolute atomic E-state index is 3.55. The molecule has 0 aromatic carbocycles. The Morgan fingerprint density at radius 1 is 0.895 bits per heavy atom. The van der Waals surface area contributed by atoms with Gasteiger partial charge in [0.05, 0.1) is 0 Å². The molecule has 0 radical (unpaired) electrons. The lowest BCUT2D eigenvalue weighted by Crippen LogP contribution is -2.28. The minimum absolute atomic E-state index is 0.234. The first-order valence-corrected chi connectivity index (χ1v) is 12.5. The second-order valence-electron chi connectivity index (χ2n) is 7.15. The van der Waals surface area contributed by atoms with Gasteiger partial charge in [-0.3, -0.25) is 0 Å². The Hall–Kier alpha value is 0.697. The molecule has 1 aliphatic heterocycles. The van der Waals surface area contributed by atoms with Crippen molar-refractivity contribution in [1.29, 1.82) is 0 Å². The third kappa shape index (κ3) is 5.19. The van der Waals surface area contributed by atoms with E-state index in [1.165, 1.54) is 24.6 Å². The van der Waals surface area contributed by atoms with E-state index in [0.717, 1.165) is 17.8 Å². The SMILES string of the molecule is CC[SiH]1CCC([C@H]2CC[C@H](CCCCBr)CC2)CC1. The van der Waals surface area contributed by atoms with E-state index in [0.29, 0.717) is 0 Å². The molecule has 0 aromatic heterocycles. The average Bonchev–Trinajstić information content (AvgIpc) is 2.48. The van der Waals surface area contributed by atoms with Crippen LogP contribution in [0, 0.1) is 17.8 Å². The van der Waals surface area contributed by atoms with Gasteiger partial charge in [-0.1, -0.05) is 79.5 Å². The molecule has 0 N–H and O–H groups in total. The van der Waals surface area contributed by atoms with Crippen molar-refractivity contribution in [3.63, 3.8) is 0 Å². The van der Waals surface area contributed by atoms with Gasteiger partial charge in [0.15, 0.2) is 0 Å². The van der Waals surface area contributed by atoms with Gasteiger partial charge >= 0.3 is 0 Å². The summed E-state index contributed by atoms with van der Waals surface area (Å²) in [6, 6.07) is 4.91. The van der Waals surface area contributed by atoms with Crippen LogP contribution in [-0.2, 0) is 0 Å². The highest BCUT2D eigenvalue weighted by Crippen LogP contribution is 2.41. The smallest absolute Gasteiger partial charge is 0.0365 e. The zero-order valence-corrected chi connectivity index (χ0v) is 15.6. The van der Waals surface area contributed by atoms with Crippen molar-refractivity contribution in [2.45, 2.75) is 82.8 Å². The zero-order chi connectivity index (χ0) is 13.5. The van der Waals surface area contributed by atoms with Crippen molar-refractivity contribution in [3.8, 4) is 0 Å². The molecular formula is C17H33BrSi. The average molecular weight is 345 g/mol. The second kappa shape index (κ2) is 8.87. The zero-order valence-electron chi connectivity index (χ0n) is 12.9. The van der Waals surface area contributed by atoms with Gasteiger partial charge in [0.1, 0.15) is 0 Å². The Balaban J connectivity index is 1.63. The summed E-state index contributed by atoms with van der Waals surface area (Å²) in [5.41, 5.74) is 0. The Morgan fingerprint density at radius 2 is 1.53 bits per heavy atom. The number of alkyl halides is 1. The van der Waals surface area contributed by atoms with Crippen LogP contribution < -0.4 is 0 Å². The van der Waals surface area contributed by atoms with E-state index in [-0.39, 0.29) is 8.80 Å². The van der Waals surface area contributed by atoms with Gasteiger partial charge in [-0.05, 0) is 37.0 Å². The molecule has 0 spiro atoms. The number of halogens is 1. The van der Waals surface area contributed by atoms with Crippen molar-refractivity contribution in [2.75, 3.05) is 5.33 Å². The molecule has 2 heteroatoms. The largest absolute Gasteiger partial charge is 0.0928 e. The highest BCUT2D eigenvalue weighted by atomic mass is 79.9. The summed E-state index contributed by atoms with van der Waals surface area (Å²) in [6.07, 6.45) is 13.8. The Kier molecular flexibility index (Phi) is 7.50. The standard InChI is InChI=1S/C17H33BrSi/c1-2-19-13-10-17(11-14-19)16-8-6-15(7-9-16)5-3-4-12-18/h15-17,19H,2-14H2,1H3/t15-,16-,17?,19?. The van der Waals surface area contributed by atoms with Crippen LogP contribution in [-0.4, -0.2) is 14.1 Å². The normalized spacial score (nSPS) is 36.3. The van der Waals surface area contributed by atoms with Crippen LogP contribution in [0.15, 0.2) is 0 Å². The molecule has 0 bridgehead atoms. The lowest BCUT2D eigenvalue weighted by atomic mass is 9.73. The van der Waals surface area contributed by atoms with Gasteiger partial charge in [0.25, 0.3) is 0 Å². The van der Waals surface area contributed by atoms with Gasteiger partial charge < -0.3 is 0 Å². The van der Waals surface area contributed by atoms with Gasteiger partial charge in [0.2, 0.25) is 0 Å². The number of rotatable bonds is 6. The lowest BCUT2D eigenvalue weighted by molar-refractivity contribution is 0.185. The molecule has 1 aliphatic carbocycles. The van der Waals surface area contributed by atoms with E-state index >= 15 is 0 Å². The summed E-state index contributed by atoms with van der Waals surface area (Å²) in [5, 5.41) is 1.20. The van der Waals surface area contributed by atoms with Crippen LogP contribution in [0.25, 0.3) is 0 Å². The lowest BCUT2D eigenvalue weighted by Gasteiger charge is -2.37.